The molecular weight excluding hydrogens is 282 g/mol. The molecular formula is C17H27NO2S. The number of rotatable bonds is 5. The van der Waals surface area contributed by atoms with Gasteiger partial charge in [-0.2, -0.15) is 0 Å². The van der Waals surface area contributed by atoms with E-state index in [1.165, 1.54) is 0 Å². The third-order valence-electron chi connectivity index (χ3n) is 4.61. The van der Waals surface area contributed by atoms with Crippen LogP contribution in [0.3, 0.4) is 0 Å². The second kappa shape index (κ2) is 6.49. The van der Waals surface area contributed by atoms with Gasteiger partial charge in [0.1, 0.15) is 0 Å². The minimum absolute atomic E-state index is 0.141. The van der Waals surface area contributed by atoms with Crippen molar-refractivity contribution in [3.8, 4) is 0 Å². The van der Waals surface area contributed by atoms with Crippen molar-refractivity contribution in [1.82, 2.24) is 4.90 Å². The zero-order valence-corrected chi connectivity index (χ0v) is 14.3. The summed E-state index contributed by atoms with van der Waals surface area (Å²) >= 11 is 0. The van der Waals surface area contributed by atoms with E-state index in [0.29, 0.717) is 22.8 Å². The molecule has 0 aliphatic carbocycles. The molecule has 0 saturated carbocycles. The van der Waals surface area contributed by atoms with Crippen LogP contribution in [0.15, 0.2) is 35.2 Å². The van der Waals surface area contributed by atoms with Crippen LogP contribution in [0.4, 0.5) is 0 Å². The highest BCUT2D eigenvalue weighted by molar-refractivity contribution is 7.91. The smallest absolute Gasteiger partial charge is 0.179 e. The molecule has 1 fully saturated rings. The number of hydrogen-bond acceptors (Lipinski definition) is 3. The van der Waals surface area contributed by atoms with E-state index in [-0.39, 0.29) is 11.8 Å². The molecule has 0 aromatic heterocycles. The maximum atomic E-state index is 12.6. The van der Waals surface area contributed by atoms with Gasteiger partial charge in [0, 0.05) is 18.6 Å². The van der Waals surface area contributed by atoms with Gasteiger partial charge in [-0.3, -0.25) is 4.90 Å². The molecule has 4 heteroatoms. The first kappa shape index (κ1) is 16.5. The lowest BCUT2D eigenvalue weighted by Gasteiger charge is -2.28. The fourth-order valence-corrected chi connectivity index (χ4v) is 4.83. The Balaban J connectivity index is 2.17. The molecule has 1 saturated heterocycles. The van der Waals surface area contributed by atoms with Gasteiger partial charge in [0.2, 0.25) is 0 Å². The molecule has 21 heavy (non-hydrogen) atoms. The molecule has 0 radical (unpaired) electrons. The molecule has 2 atom stereocenters. The second-order valence-electron chi connectivity index (χ2n) is 6.78. The predicted octanol–water partition coefficient (Wildman–Crippen LogP) is 3.22. The first-order valence-corrected chi connectivity index (χ1v) is 9.50. The van der Waals surface area contributed by atoms with Crippen LogP contribution in [0.25, 0.3) is 0 Å². The van der Waals surface area contributed by atoms with Crippen molar-refractivity contribution in [2.75, 3.05) is 12.3 Å². The summed E-state index contributed by atoms with van der Waals surface area (Å²) < 4.78 is 25.2. The molecule has 2 rings (SSSR count). The average Bonchev–Trinajstić information content (AvgIpc) is 2.83. The highest BCUT2D eigenvalue weighted by Crippen LogP contribution is 2.32. The summed E-state index contributed by atoms with van der Waals surface area (Å²) in [5.41, 5.74) is 0. The molecule has 2 unspecified atom stereocenters. The zero-order valence-electron chi connectivity index (χ0n) is 13.5. The van der Waals surface area contributed by atoms with Crippen molar-refractivity contribution in [3.63, 3.8) is 0 Å². The Bertz CT molecular complexity index is 551. The van der Waals surface area contributed by atoms with Crippen LogP contribution in [0, 0.1) is 11.8 Å². The lowest BCUT2D eigenvalue weighted by Crippen LogP contribution is -2.39. The number of benzene rings is 1. The Morgan fingerprint density at radius 2 is 1.76 bits per heavy atom. The summed E-state index contributed by atoms with van der Waals surface area (Å²) in [4.78, 5) is 2.81. The number of nitrogens with zero attached hydrogens (tertiary/aromatic N) is 1. The monoisotopic (exact) mass is 309 g/mol. The number of likely N-dealkylation sites (tertiary alicyclic amines) is 1. The second-order valence-corrected chi connectivity index (χ2v) is 8.81. The Morgan fingerprint density at radius 1 is 1.14 bits per heavy atom. The lowest BCUT2D eigenvalue weighted by atomic mass is 9.94. The Kier molecular flexibility index (Phi) is 5.10. The van der Waals surface area contributed by atoms with Gasteiger partial charge in [0.15, 0.2) is 9.84 Å². The molecule has 1 aromatic carbocycles. The van der Waals surface area contributed by atoms with Gasteiger partial charge in [-0.1, -0.05) is 32.0 Å². The Hall–Kier alpha value is -0.870. The Labute approximate surface area is 129 Å². The van der Waals surface area contributed by atoms with E-state index in [2.05, 4.69) is 32.6 Å². The lowest BCUT2D eigenvalue weighted by molar-refractivity contribution is 0.209. The standard InChI is InChI=1S/C17H27NO2S/c1-13(2)15-10-16(18(11-15)14(3)4)12-21(19,20)17-8-6-5-7-9-17/h5-9,13-16H,10-12H2,1-4H3. The molecule has 0 N–H and O–H groups in total. The number of sulfone groups is 1. The van der Waals surface area contributed by atoms with Gasteiger partial charge in [0.05, 0.1) is 10.6 Å². The van der Waals surface area contributed by atoms with Crippen molar-refractivity contribution in [1.29, 1.82) is 0 Å². The first-order chi connectivity index (χ1) is 9.81. The Morgan fingerprint density at radius 3 is 2.29 bits per heavy atom. The summed E-state index contributed by atoms with van der Waals surface area (Å²) in [6.07, 6.45) is 0.988. The highest BCUT2D eigenvalue weighted by Gasteiger charge is 2.37. The number of hydrogen-bond donors (Lipinski definition) is 0. The zero-order chi connectivity index (χ0) is 15.6. The SMILES string of the molecule is CC(C)C1CC(CS(=O)(=O)c2ccccc2)N(C(C)C)C1. The van der Waals surface area contributed by atoms with Gasteiger partial charge < -0.3 is 0 Å². The van der Waals surface area contributed by atoms with Gasteiger partial charge in [0.25, 0.3) is 0 Å². The molecule has 0 amide bonds. The minimum Gasteiger partial charge on any atom is -0.297 e. The fraction of sp³-hybridized carbons (Fsp3) is 0.647. The first-order valence-electron chi connectivity index (χ1n) is 7.85. The molecule has 1 aliphatic rings. The summed E-state index contributed by atoms with van der Waals surface area (Å²) in [7, 11) is -3.20. The predicted molar refractivity (Wildman–Crippen MR) is 87.1 cm³/mol. The quantitative estimate of drug-likeness (QED) is 0.838. The normalized spacial score (nSPS) is 24.1. The molecule has 1 heterocycles. The van der Waals surface area contributed by atoms with Crippen molar-refractivity contribution in [3.05, 3.63) is 30.3 Å². The van der Waals surface area contributed by atoms with Crippen LogP contribution in [-0.2, 0) is 9.84 Å². The minimum atomic E-state index is -3.20. The average molecular weight is 309 g/mol. The molecule has 118 valence electrons. The van der Waals surface area contributed by atoms with E-state index in [4.69, 9.17) is 0 Å². The van der Waals surface area contributed by atoms with E-state index in [9.17, 15) is 8.42 Å². The molecule has 0 spiro atoms. The molecule has 1 aromatic rings. The molecule has 3 nitrogen and oxygen atoms in total. The largest absolute Gasteiger partial charge is 0.297 e. The fourth-order valence-electron chi connectivity index (χ4n) is 3.24. The summed E-state index contributed by atoms with van der Waals surface area (Å²) in [6.45, 7) is 9.80. The van der Waals surface area contributed by atoms with Crippen molar-refractivity contribution < 1.29 is 8.42 Å². The van der Waals surface area contributed by atoms with Crippen LogP contribution in [0.5, 0.6) is 0 Å². The van der Waals surface area contributed by atoms with Gasteiger partial charge >= 0.3 is 0 Å². The van der Waals surface area contributed by atoms with Crippen molar-refractivity contribution in [2.45, 2.75) is 51.1 Å². The topological polar surface area (TPSA) is 37.4 Å². The van der Waals surface area contributed by atoms with Crippen LogP contribution < -0.4 is 0 Å². The maximum Gasteiger partial charge on any atom is 0.179 e. The summed E-state index contributed by atoms with van der Waals surface area (Å²) in [6, 6.07) is 9.36. The van der Waals surface area contributed by atoms with E-state index in [1.54, 1.807) is 24.3 Å². The van der Waals surface area contributed by atoms with Gasteiger partial charge in [-0.25, -0.2) is 8.42 Å². The van der Waals surface area contributed by atoms with E-state index in [1.807, 2.05) is 6.07 Å². The summed E-state index contributed by atoms with van der Waals surface area (Å²) in [5, 5.41) is 0. The van der Waals surface area contributed by atoms with Crippen molar-refractivity contribution >= 4 is 9.84 Å². The van der Waals surface area contributed by atoms with E-state index in [0.717, 1.165) is 13.0 Å². The third kappa shape index (κ3) is 3.86. The molecule has 1 aliphatic heterocycles. The third-order valence-corrected chi connectivity index (χ3v) is 6.42. The van der Waals surface area contributed by atoms with Gasteiger partial charge in [-0.15, -0.1) is 0 Å². The molecule has 0 bridgehead atoms. The maximum absolute atomic E-state index is 12.6. The van der Waals surface area contributed by atoms with E-state index >= 15 is 0 Å². The van der Waals surface area contributed by atoms with Crippen LogP contribution in [0.1, 0.15) is 34.1 Å². The summed E-state index contributed by atoms with van der Waals surface area (Å²) in [5.74, 6) is 1.44. The van der Waals surface area contributed by atoms with Crippen molar-refractivity contribution in [2.24, 2.45) is 11.8 Å². The van der Waals surface area contributed by atoms with Gasteiger partial charge in [-0.05, 0) is 44.2 Å². The van der Waals surface area contributed by atoms with Crippen LogP contribution in [0.2, 0.25) is 0 Å². The van der Waals surface area contributed by atoms with Crippen LogP contribution >= 0.6 is 0 Å². The van der Waals surface area contributed by atoms with E-state index < -0.39 is 9.84 Å². The van der Waals surface area contributed by atoms with Crippen LogP contribution in [-0.4, -0.2) is 37.7 Å². The highest BCUT2D eigenvalue weighted by atomic mass is 32.2.